The number of benzene rings is 1. The van der Waals surface area contributed by atoms with Crippen molar-refractivity contribution < 1.29 is 5.11 Å². The molecule has 0 saturated carbocycles. The van der Waals surface area contributed by atoms with E-state index in [4.69, 9.17) is 5.73 Å². The zero-order chi connectivity index (χ0) is 11.6. The summed E-state index contributed by atoms with van der Waals surface area (Å²) in [6, 6.07) is 5.55. The van der Waals surface area contributed by atoms with Crippen molar-refractivity contribution in [1.29, 1.82) is 0 Å². The van der Waals surface area contributed by atoms with E-state index in [1.807, 2.05) is 32.0 Å². The van der Waals surface area contributed by atoms with Crippen molar-refractivity contribution in [2.24, 2.45) is 0 Å². The number of hydrogen-bond donors (Lipinski definition) is 3. The molecular formula is C11H17BrN2O. The molecule has 15 heavy (non-hydrogen) atoms. The van der Waals surface area contributed by atoms with E-state index in [1.54, 1.807) is 6.92 Å². The van der Waals surface area contributed by atoms with Gasteiger partial charge in [0.2, 0.25) is 0 Å². The van der Waals surface area contributed by atoms with E-state index in [9.17, 15) is 5.11 Å². The van der Waals surface area contributed by atoms with Crippen molar-refractivity contribution in [3.05, 3.63) is 22.7 Å². The first kappa shape index (κ1) is 12.3. The molecule has 0 radical (unpaired) electrons. The first-order valence-corrected chi connectivity index (χ1v) is 5.63. The van der Waals surface area contributed by atoms with Crippen molar-refractivity contribution in [3.63, 3.8) is 0 Å². The number of aliphatic hydroxyl groups excluding tert-OH is 1. The Labute approximate surface area is 98.8 Å². The Balaban J connectivity index is 2.90. The minimum atomic E-state index is -0.443. The van der Waals surface area contributed by atoms with Gasteiger partial charge in [-0.25, -0.2) is 0 Å². The van der Waals surface area contributed by atoms with Gasteiger partial charge in [-0.1, -0.05) is 0 Å². The van der Waals surface area contributed by atoms with E-state index in [0.29, 0.717) is 5.69 Å². The number of nitrogen functional groups attached to an aromatic ring is 1. The molecular weight excluding hydrogens is 256 g/mol. The molecule has 3 nitrogen and oxygen atoms in total. The van der Waals surface area contributed by atoms with Gasteiger partial charge in [0.15, 0.2) is 0 Å². The quantitative estimate of drug-likeness (QED) is 0.742. The number of halogens is 1. The lowest BCUT2D eigenvalue weighted by molar-refractivity contribution is 0.133. The van der Waals surface area contributed by atoms with Crippen molar-refractivity contribution >= 4 is 27.3 Å². The highest BCUT2D eigenvalue weighted by atomic mass is 79.9. The van der Waals surface area contributed by atoms with Crippen LogP contribution in [0.4, 0.5) is 11.4 Å². The lowest BCUT2D eigenvalue weighted by atomic mass is 9.98. The summed E-state index contributed by atoms with van der Waals surface area (Å²) in [6.45, 7) is 5.65. The lowest BCUT2D eigenvalue weighted by Crippen LogP contribution is -2.41. The van der Waals surface area contributed by atoms with Crippen LogP contribution in [-0.4, -0.2) is 16.7 Å². The monoisotopic (exact) mass is 272 g/mol. The number of aliphatic hydroxyl groups is 1. The Morgan fingerprint density at radius 1 is 1.47 bits per heavy atom. The van der Waals surface area contributed by atoms with E-state index in [2.05, 4.69) is 21.2 Å². The molecule has 1 aromatic rings. The third-order valence-corrected chi connectivity index (χ3v) is 3.15. The van der Waals surface area contributed by atoms with E-state index < -0.39 is 6.10 Å². The highest BCUT2D eigenvalue weighted by Crippen LogP contribution is 2.28. The summed E-state index contributed by atoms with van der Waals surface area (Å²) in [6.07, 6.45) is -0.443. The van der Waals surface area contributed by atoms with Crippen LogP contribution in [0.15, 0.2) is 22.7 Å². The number of nitrogens with one attached hydrogen (secondary N) is 1. The summed E-state index contributed by atoms with van der Waals surface area (Å²) in [5.74, 6) is 0. The largest absolute Gasteiger partial charge is 0.399 e. The first-order chi connectivity index (χ1) is 6.83. The van der Waals surface area contributed by atoms with Crippen molar-refractivity contribution in [2.75, 3.05) is 11.1 Å². The Bertz CT molecular complexity index is 350. The second-order valence-corrected chi connectivity index (χ2v) is 5.12. The third kappa shape index (κ3) is 3.11. The summed E-state index contributed by atoms with van der Waals surface area (Å²) < 4.78 is 0.899. The maximum atomic E-state index is 9.58. The fourth-order valence-electron chi connectivity index (χ4n) is 1.08. The van der Waals surface area contributed by atoms with Crippen LogP contribution in [0.25, 0.3) is 0 Å². The molecule has 0 aromatic heterocycles. The molecule has 84 valence electrons. The molecule has 4 heteroatoms. The van der Waals surface area contributed by atoms with Crippen LogP contribution in [0.5, 0.6) is 0 Å². The van der Waals surface area contributed by atoms with Crippen LogP contribution >= 0.6 is 15.9 Å². The van der Waals surface area contributed by atoms with Crippen LogP contribution in [0.2, 0.25) is 0 Å². The minimum Gasteiger partial charge on any atom is -0.399 e. The summed E-state index contributed by atoms with van der Waals surface area (Å²) in [5.41, 5.74) is 6.90. The summed E-state index contributed by atoms with van der Waals surface area (Å²) in [5, 5.41) is 12.8. The number of rotatable bonds is 3. The molecule has 0 bridgehead atoms. The Morgan fingerprint density at radius 2 is 2.07 bits per heavy atom. The average Bonchev–Trinajstić information content (AvgIpc) is 2.09. The van der Waals surface area contributed by atoms with Crippen LogP contribution in [0.3, 0.4) is 0 Å². The number of nitrogens with two attached hydrogens (primary N) is 1. The highest BCUT2D eigenvalue weighted by molar-refractivity contribution is 9.10. The van der Waals surface area contributed by atoms with Gasteiger partial charge < -0.3 is 16.2 Å². The molecule has 0 aliphatic carbocycles. The Morgan fingerprint density at radius 3 is 2.53 bits per heavy atom. The summed E-state index contributed by atoms with van der Waals surface area (Å²) in [7, 11) is 0. The maximum absolute atomic E-state index is 9.58. The van der Waals surface area contributed by atoms with Gasteiger partial charge in [-0.3, -0.25) is 0 Å². The van der Waals surface area contributed by atoms with Gasteiger partial charge in [-0.05, 0) is 54.9 Å². The van der Waals surface area contributed by atoms with E-state index in [0.717, 1.165) is 10.2 Å². The van der Waals surface area contributed by atoms with Crippen LogP contribution in [-0.2, 0) is 0 Å². The second kappa shape index (κ2) is 4.41. The zero-order valence-electron chi connectivity index (χ0n) is 9.21. The standard InChI is InChI=1S/C11H17BrN2O/c1-7(15)11(2,3)14-10-5-4-8(13)6-9(10)12/h4-7,14-15H,13H2,1-3H3. The predicted octanol–water partition coefficient (Wildman–Crippen LogP) is 2.60. The lowest BCUT2D eigenvalue weighted by Gasteiger charge is -2.31. The smallest absolute Gasteiger partial charge is 0.0736 e. The molecule has 0 fully saturated rings. The van der Waals surface area contributed by atoms with Gasteiger partial charge in [0.1, 0.15) is 0 Å². The molecule has 0 aliphatic heterocycles. The third-order valence-electron chi connectivity index (χ3n) is 2.49. The van der Waals surface area contributed by atoms with Gasteiger partial charge in [-0.2, -0.15) is 0 Å². The minimum absolute atomic E-state index is 0.376. The first-order valence-electron chi connectivity index (χ1n) is 4.84. The molecule has 1 unspecified atom stereocenters. The predicted molar refractivity (Wildman–Crippen MR) is 67.9 cm³/mol. The number of hydrogen-bond acceptors (Lipinski definition) is 3. The topological polar surface area (TPSA) is 58.3 Å². The fourth-order valence-corrected chi connectivity index (χ4v) is 1.58. The molecule has 1 rings (SSSR count). The summed E-state index contributed by atoms with van der Waals surface area (Å²) >= 11 is 3.42. The van der Waals surface area contributed by atoms with Crippen LogP contribution in [0.1, 0.15) is 20.8 Å². The van der Waals surface area contributed by atoms with Crippen LogP contribution in [0, 0.1) is 0 Å². The van der Waals surface area contributed by atoms with Gasteiger partial charge in [0, 0.05) is 15.8 Å². The summed E-state index contributed by atoms with van der Waals surface area (Å²) in [4.78, 5) is 0. The second-order valence-electron chi connectivity index (χ2n) is 4.26. The molecule has 0 saturated heterocycles. The molecule has 0 aliphatic rings. The van der Waals surface area contributed by atoms with Gasteiger partial charge >= 0.3 is 0 Å². The molecule has 4 N–H and O–H groups in total. The van der Waals surface area contributed by atoms with E-state index in [-0.39, 0.29) is 5.54 Å². The Kier molecular flexibility index (Phi) is 3.62. The highest BCUT2D eigenvalue weighted by Gasteiger charge is 2.24. The molecule has 0 heterocycles. The average molecular weight is 273 g/mol. The van der Waals surface area contributed by atoms with Gasteiger partial charge in [0.25, 0.3) is 0 Å². The van der Waals surface area contributed by atoms with Gasteiger partial charge in [-0.15, -0.1) is 0 Å². The van der Waals surface area contributed by atoms with Crippen molar-refractivity contribution in [2.45, 2.75) is 32.4 Å². The van der Waals surface area contributed by atoms with Gasteiger partial charge in [0.05, 0.1) is 11.6 Å². The molecule has 1 atom stereocenters. The maximum Gasteiger partial charge on any atom is 0.0736 e. The fraction of sp³-hybridized carbons (Fsp3) is 0.455. The molecule has 0 spiro atoms. The zero-order valence-corrected chi connectivity index (χ0v) is 10.8. The SMILES string of the molecule is CC(O)C(C)(C)Nc1ccc(N)cc1Br. The van der Waals surface area contributed by atoms with Crippen molar-refractivity contribution in [1.82, 2.24) is 0 Å². The number of anilines is 2. The molecule has 1 aromatic carbocycles. The van der Waals surface area contributed by atoms with Crippen molar-refractivity contribution in [3.8, 4) is 0 Å². The van der Waals surface area contributed by atoms with E-state index >= 15 is 0 Å². The Hall–Kier alpha value is -0.740. The van der Waals surface area contributed by atoms with Crippen LogP contribution < -0.4 is 11.1 Å². The molecule has 0 amide bonds. The normalized spacial score (nSPS) is 13.7. The van der Waals surface area contributed by atoms with E-state index in [1.165, 1.54) is 0 Å².